The number of piperazine rings is 1. The third kappa shape index (κ3) is 5.27. The highest BCUT2D eigenvalue weighted by Crippen LogP contribution is 2.27. The lowest BCUT2D eigenvalue weighted by Gasteiger charge is -2.39. The number of nitrogens with zero attached hydrogens (tertiary/aromatic N) is 2. The summed E-state index contributed by atoms with van der Waals surface area (Å²) in [5.41, 5.74) is 5.27. The Balaban J connectivity index is 1.53. The van der Waals surface area contributed by atoms with Gasteiger partial charge < -0.3 is 10.2 Å². The molecule has 31 heavy (non-hydrogen) atoms. The van der Waals surface area contributed by atoms with Crippen molar-refractivity contribution >= 4 is 28.9 Å². The van der Waals surface area contributed by atoms with Gasteiger partial charge in [0.25, 0.3) is 0 Å². The van der Waals surface area contributed by atoms with Crippen molar-refractivity contribution in [3.8, 4) is 0 Å². The van der Waals surface area contributed by atoms with E-state index in [0.29, 0.717) is 0 Å². The quantitative estimate of drug-likeness (QED) is 0.580. The Bertz CT molecular complexity index is 1030. The number of anilines is 2. The zero-order chi connectivity index (χ0) is 21.8. The van der Waals surface area contributed by atoms with Crippen LogP contribution >= 0.6 is 11.6 Å². The number of amides is 1. The fourth-order valence-electron chi connectivity index (χ4n) is 4.33. The SMILES string of the molecule is Cc1cc(C)cc(NC(=O)[C@@H](c2ccccc2)N2CCN(c3cccc(Cl)c3)CC2)c1. The summed E-state index contributed by atoms with van der Waals surface area (Å²) in [6.07, 6.45) is 0. The molecule has 3 aromatic rings. The van der Waals surface area contributed by atoms with Crippen molar-refractivity contribution in [3.05, 3.63) is 94.5 Å². The highest BCUT2D eigenvalue weighted by molar-refractivity contribution is 6.30. The number of halogens is 1. The molecule has 1 amide bonds. The van der Waals surface area contributed by atoms with Gasteiger partial charge in [0.15, 0.2) is 0 Å². The molecule has 0 unspecified atom stereocenters. The molecule has 1 N–H and O–H groups in total. The Morgan fingerprint density at radius 1 is 0.871 bits per heavy atom. The van der Waals surface area contributed by atoms with Crippen molar-refractivity contribution < 1.29 is 4.79 Å². The van der Waals surface area contributed by atoms with Gasteiger partial charge in [-0.25, -0.2) is 0 Å². The van der Waals surface area contributed by atoms with Crippen LogP contribution in [0.25, 0.3) is 0 Å². The van der Waals surface area contributed by atoms with Gasteiger partial charge in [-0.15, -0.1) is 0 Å². The van der Waals surface area contributed by atoms with Crippen molar-refractivity contribution in [1.29, 1.82) is 0 Å². The number of benzene rings is 3. The maximum atomic E-state index is 13.4. The molecule has 1 saturated heterocycles. The van der Waals surface area contributed by atoms with Gasteiger partial charge in [-0.1, -0.05) is 54.1 Å². The summed E-state index contributed by atoms with van der Waals surface area (Å²) >= 11 is 6.17. The van der Waals surface area contributed by atoms with Crippen LogP contribution < -0.4 is 10.2 Å². The van der Waals surface area contributed by atoms with Crippen LogP contribution in [0.5, 0.6) is 0 Å². The number of nitrogens with one attached hydrogen (secondary N) is 1. The van der Waals surface area contributed by atoms with E-state index >= 15 is 0 Å². The Labute approximate surface area is 189 Å². The molecule has 0 radical (unpaired) electrons. The minimum Gasteiger partial charge on any atom is -0.369 e. The van der Waals surface area contributed by atoms with Crippen LogP contribution in [0, 0.1) is 13.8 Å². The molecule has 1 aliphatic rings. The second kappa shape index (κ2) is 9.54. The van der Waals surface area contributed by atoms with E-state index in [2.05, 4.69) is 27.2 Å². The van der Waals surface area contributed by atoms with E-state index < -0.39 is 0 Å². The fraction of sp³-hybridized carbons (Fsp3) is 0.269. The average Bonchev–Trinajstić information content (AvgIpc) is 2.74. The Kier molecular flexibility index (Phi) is 6.59. The highest BCUT2D eigenvalue weighted by atomic mass is 35.5. The molecular weight excluding hydrogens is 406 g/mol. The Morgan fingerprint density at radius 3 is 2.19 bits per heavy atom. The standard InChI is InChI=1S/C26H28ClN3O/c1-19-15-20(2)17-23(16-19)28-26(31)25(21-7-4-3-5-8-21)30-13-11-29(12-14-30)24-10-6-9-22(27)18-24/h3-10,15-18,25H,11-14H2,1-2H3,(H,28,31)/t25-/m1/s1. The van der Waals surface area contributed by atoms with Gasteiger partial charge >= 0.3 is 0 Å². The predicted octanol–water partition coefficient (Wildman–Crippen LogP) is 5.46. The lowest BCUT2D eigenvalue weighted by molar-refractivity contribution is -0.121. The third-order valence-corrected chi connectivity index (χ3v) is 5.94. The molecule has 0 bridgehead atoms. The fourth-order valence-corrected chi connectivity index (χ4v) is 4.52. The van der Waals surface area contributed by atoms with E-state index in [1.807, 2.05) is 74.5 Å². The zero-order valence-electron chi connectivity index (χ0n) is 18.0. The summed E-state index contributed by atoms with van der Waals surface area (Å²) in [6.45, 7) is 7.39. The van der Waals surface area contributed by atoms with Gasteiger partial charge in [0.1, 0.15) is 6.04 Å². The third-order valence-electron chi connectivity index (χ3n) is 5.71. The van der Waals surface area contributed by atoms with Gasteiger partial charge in [0, 0.05) is 42.6 Å². The van der Waals surface area contributed by atoms with Crippen LogP contribution in [0.4, 0.5) is 11.4 Å². The zero-order valence-corrected chi connectivity index (χ0v) is 18.8. The smallest absolute Gasteiger partial charge is 0.246 e. The maximum Gasteiger partial charge on any atom is 0.246 e. The minimum atomic E-state index is -0.330. The Morgan fingerprint density at radius 2 is 1.55 bits per heavy atom. The van der Waals surface area contributed by atoms with E-state index in [4.69, 9.17) is 11.6 Å². The molecule has 1 fully saturated rings. The number of carbonyl (C=O) groups is 1. The molecule has 0 spiro atoms. The molecule has 160 valence electrons. The summed E-state index contributed by atoms with van der Waals surface area (Å²) < 4.78 is 0. The minimum absolute atomic E-state index is 0.00686. The first-order valence-corrected chi connectivity index (χ1v) is 11.1. The van der Waals surface area contributed by atoms with Crippen LogP contribution in [0.3, 0.4) is 0 Å². The summed E-state index contributed by atoms with van der Waals surface area (Å²) in [4.78, 5) is 18.0. The largest absolute Gasteiger partial charge is 0.369 e. The van der Waals surface area contributed by atoms with Crippen molar-refractivity contribution in [2.24, 2.45) is 0 Å². The van der Waals surface area contributed by atoms with E-state index in [-0.39, 0.29) is 11.9 Å². The lowest BCUT2D eigenvalue weighted by atomic mass is 10.0. The van der Waals surface area contributed by atoms with Crippen molar-refractivity contribution in [1.82, 2.24) is 4.90 Å². The van der Waals surface area contributed by atoms with Gasteiger partial charge in [-0.3, -0.25) is 9.69 Å². The van der Waals surface area contributed by atoms with E-state index in [1.54, 1.807) is 0 Å². The second-order valence-electron chi connectivity index (χ2n) is 8.18. The molecule has 1 atom stereocenters. The Hall–Kier alpha value is -2.82. The van der Waals surface area contributed by atoms with Crippen LogP contribution in [-0.4, -0.2) is 37.0 Å². The van der Waals surface area contributed by atoms with E-state index in [1.165, 1.54) is 0 Å². The molecule has 1 aliphatic heterocycles. The topological polar surface area (TPSA) is 35.6 Å². The summed E-state index contributed by atoms with van der Waals surface area (Å²) in [6, 6.07) is 23.8. The van der Waals surface area contributed by atoms with Gasteiger partial charge in [0.2, 0.25) is 5.91 Å². The number of hydrogen-bond acceptors (Lipinski definition) is 3. The number of hydrogen-bond donors (Lipinski definition) is 1. The summed E-state index contributed by atoms with van der Waals surface area (Å²) in [5, 5.41) is 3.90. The van der Waals surface area contributed by atoms with Crippen molar-refractivity contribution in [3.63, 3.8) is 0 Å². The van der Waals surface area contributed by atoms with Crippen molar-refractivity contribution in [2.75, 3.05) is 36.4 Å². The monoisotopic (exact) mass is 433 g/mol. The molecular formula is C26H28ClN3O. The molecule has 0 aromatic heterocycles. The first-order valence-electron chi connectivity index (χ1n) is 10.7. The first-order chi connectivity index (χ1) is 15.0. The van der Waals surface area contributed by atoms with Crippen molar-refractivity contribution in [2.45, 2.75) is 19.9 Å². The number of rotatable bonds is 5. The molecule has 4 nitrogen and oxygen atoms in total. The molecule has 4 rings (SSSR count). The van der Waals surface area contributed by atoms with Crippen LogP contribution in [0.2, 0.25) is 5.02 Å². The first kappa shape index (κ1) is 21.4. The summed E-state index contributed by atoms with van der Waals surface area (Å²) in [5.74, 6) is 0.00686. The maximum absolute atomic E-state index is 13.4. The molecule has 0 saturated carbocycles. The number of aryl methyl sites for hydroxylation is 2. The highest BCUT2D eigenvalue weighted by Gasteiger charge is 2.30. The van der Waals surface area contributed by atoms with Gasteiger partial charge in [-0.05, 0) is 60.9 Å². The molecule has 5 heteroatoms. The summed E-state index contributed by atoms with van der Waals surface area (Å²) in [7, 11) is 0. The van der Waals surface area contributed by atoms with Gasteiger partial charge in [-0.2, -0.15) is 0 Å². The van der Waals surface area contributed by atoms with E-state index in [0.717, 1.165) is 59.3 Å². The number of carbonyl (C=O) groups excluding carboxylic acids is 1. The second-order valence-corrected chi connectivity index (χ2v) is 8.62. The van der Waals surface area contributed by atoms with Crippen LogP contribution in [0.1, 0.15) is 22.7 Å². The molecule has 0 aliphatic carbocycles. The predicted molar refractivity (Wildman–Crippen MR) is 129 cm³/mol. The molecule has 3 aromatic carbocycles. The average molecular weight is 434 g/mol. The van der Waals surface area contributed by atoms with Gasteiger partial charge in [0.05, 0.1) is 0 Å². The van der Waals surface area contributed by atoms with Crippen LogP contribution in [0.15, 0.2) is 72.8 Å². The lowest BCUT2D eigenvalue weighted by Crippen LogP contribution is -2.50. The normalized spacial score (nSPS) is 15.5. The van der Waals surface area contributed by atoms with E-state index in [9.17, 15) is 4.79 Å². The van der Waals surface area contributed by atoms with Crippen LogP contribution in [-0.2, 0) is 4.79 Å². The molecule has 1 heterocycles.